The predicted octanol–water partition coefficient (Wildman–Crippen LogP) is 4.52. The van der Waals surface area contributed by atoms with Gasteiger partial charge in [0.15, 0.2) is 0 Å². The lowest BCUT2D eigenvalue weighted by Crippen LogP contribution is -2.36. The molecule has 0 saturated carbocycles. The number of nitrogens with one attached hydrogen (secondary N) is 1. The third-order valence-corrected chi connectivity index (χ3v) is 4.98. The summed E-state index contributed by atoms with van der Waals surface area (Å²) in [5, 5.41) is 2.92. The number of methoxy groups -OCH3 is 1. The van der Waals surface area contributed by atoms with Gasteiger partial charge >= 0.3 is 6.03 Å². The summed E-state index contributed by atoms with van der Waals surface area (Å²) in [7, 11) is 1.62. The number of urea groups is 1. The molecule has 3 aromatic rings. The quantitative estimate of drug-likeness (QED) is 0.713. The molecule has 1 aliphatic heterocycles. The maximum Gasteiger partial charge on any atom is 0.321 e. The fourth-order valence-corrected chi connectivity index (χ4v) is 3.35. The van der Waals surface area contributed by atoms with Gasteiger partial charge in [-0.15, -0.1) is 0 Å². The van der Waals surface area contributed by atoms with Crippen molar-refractivity contribution in [2.75, 3.05) is 25.5 Å². The average Bonchev–Trinajstić information content (AvgIpc) is 2.98. The van der Waals surface area contributed by atoms with Gasteiger partial charge in [0.2, 0.25) is 5.88 Å². The summed E-state index contributed by atoms with van der Waals surface area (Å²) >= 11 is 0. The van der Waals surface area contributed by atoms with Crippen LogP contribution in [-0.4, -0.2) is 36.1 Å². The highest BCUT2D eigenvalue weighted by Crippen LogP contribution is 2.23. The standard InChI is InChI=1S/C23H23N3O3/c1-28-20-7-9-21(10-8-20)29-22-11-6-19(16-24-22)25-23(27)26-14-12-17-4-2-3-5-18(17)13-15-26/h2-11,16H,12-15H2,1H3,(H,25,27). The Balaban J connectivity index is 1.34. The topological polar surface area (TPSA) is 63.7 Å². The van der Waals surface area contributed by atoms with Crippen LogP contribution >= 0.6 is 0 Å². The highest BCUT2D eigenvalue weighted by molar-refractivity contribution is 5.89. The molecule has 6 nitrogen and oxygen atoms in total. The SMILES string of the molecule is COc1ccc(Oc2ccc(NC(=O)N3CCc4ccccc4CC3)cn2)cc1. The Morgan fingerprint density at radius 1 is 0.931 bits per heavy atom. The monoisotopic (exact) mass is 389 g/mol. The van der Waals surface area contributed by atoms with Gasteiger partial charge in [0, 0.05) is 19.2 Å². The minimum atomic E-state index is -0.108. The molecule has 0 aliphatic carbocycles. The minimum Gasteiger partial charge on any atom is -0.497 e. The molecule has 1 N–H and O–H groups in total. The van der Waals surface area contributed by atoms with E-state index in [0.29, 0.717) is 30.4 Å². The molecule has 1 aromatic heterocycles. The third kappa shape index (κ3) is 4.66. The summed E-state index contributed by atoms with van der Waals surface area (Å²) in [4.78, 5) is 18.8. The van der Waals surface area contributed by atoms with Gasteiger partial charge in [0.25, 0.3) is 0 Å². The van der Waals surface area contributed by atoms with Crippen LogP contribution in [0.1, 0.15) is 11.1 Å². The fraction of sp³-hybridized carbons (Fsp3) is 0.217. The maximum atomic E-state index is 12.7. The average molecular weight is 389 g/mol. The largest absolute Gasteiger partial charge is 0.497 e. The third-order valence-electron chi connectivity index (χ3n) is 4.98. The molecule has 0 bridgehead atoms. The van der Waals surface area contributed by atoms with Crippen molar-refractivity contribution in [3.05, 3.63) is 78.0 Å². The molecule has 6 heteroatoms. The molecule has 0 saturated heterocycles. The Hall–Kier alpha value is -3.54. The lowest BCUT2D eigenvalue weighted by Gasteiger charge is -2.20. The number of benzene rings is 2. The fourth-order valence-electron chi connectivity index (χ4n) is 3.35. The van der Waals surface area contributed by atoms with Crippen molar-refractivity contribution in [2.24, 2.45) is 0 Å². The highest BCUT2D eigenvalue weighted by atomic mass is 16.5. The number of pyridine rings is 1. The Bertz CT molecular complexity index is 944. The highest BCUT2D eigenvalue weighted by Gasteiger charge is 2.18. The molecular formula is C23H23N3O3. The van der Waals surface area contributed by atoms with E-state index < -0.39 is 0 Å². The molecule has 1 aliphatic rings. The maximum absolute atomic E-state index is 12.7. The molecular weight excluding hydrogens is 366 g/mol. The number of fused-ring (bicyclic) bond motifs is 1. The van der Waals surface area contributed by atoms with Gasteiger partial charge in [-0.3, -0.25) is 0 Å². The van der Waals surface area contributed by atoms with Crippen LogP contribution in [0.3, 0.4) is 0 Å². The van der Waals surface area contributed by atoms with E-state index in [1.54, 1.807) is 25.4 Å². The van der Waals surface area contributed by atoms with Crippen molar-refractivity contribution in [2.45, 2.75) is 12.8 Å². The van der Waals surface area contributed by atoms with Gasteiger partial charge in [-0.1, -0.05) is 24.3 Å². The van der Waals surface area contributed by atoms with Crippen LogP contribution in [0.4, 0.5) is 10.5 Å². The molecule has 2 heterocycles. The van der Waals surface area contributed by atoms with Crippen LogP contribution in [0.15, 0.2) is 66.9 Å². The smallest absolute Gasteiger partial charge is 0.321 e. The number of hydrogen-bond acceptors (Lipinski definition) is 4. The number of ether oxygens (including phenoxy) is 2. The van der Waals surface area contributed by atoms with E-state index in [9.17, 15) is 4.79 Å². The number of anilines is 1. The van der Waals surface area contributed by atoms with Crippen LogP contribution < -0.4 is 14.8 Å². The molecule has 0 spiro atoms. The predicted molar refractivity (Wildman–Crippen MR) is 112 cm³/mol. The summed E-state index contributed by atoms with van der Waals surface area (Å²) in [6, 6.07) is 19.1. The van der Waals surface area contributed by atoms with Crippen molar-refractivity contribution >= 4 is 11.7 Å². The van der Waals surface area contributed by atoms with E-state index in [1.807, 2.05) is 29.2 Å². The van der Waals surface area contributed by atoms with E-state index in [-0.39, 0.29) is 6.03 Å². The zero-order valence-corrected chi connectivity index (χ0v) is 16.3. The Morgan fingerprint density at radius 2 is 1.59 bits per heavy atom. The first-order valence-corrected chi connectivity index (χ1v) is 9.62. The summed E-state index contributed by atoms with van der Waals surface area (Å²) < 4.78 is 10.8. The second kappa shape index (κ2) is 8.65. The lowest BCUT2D eigenvalue weighted by atomic mass is 10.0. The first kappa shape index (κ1) is 18.8. The molecule has 0 atom stereocenters. The lowest BCUT2D eigenvalue weighted by molar-refractivity contribution is 0.214. The summed E-state index contributed by atoms with van der Waals surface area (Å²) in [5.74, 6) is 1.89. The number of hydrogen-bond donors (Lipinski definition) is 1. The van der Waals surface area contributed by atoms with Crippen LogP contribution in [0.5, 0.6) is 17.4 Å². The zero-order valence-electron chi connectivity index (χ0n) is 16.3. The molecule has 2 amide bonds. The van der Waals surface area contributed by atoms with E-state index in [4.69, 9.17) is 9.47 Å². The Labute approximate surface area is 170 Å². The van der Waals surface area contributed by atoms with Gasteiger partial charge in [-0.2, -0.15) is 0 Å². The second-order valence-corrected chi connectivity index (χ2v) is 6.85. The summed E-state index contributed by atoms with van der Waals surface area (Å²) in [6.45, 7) is 1.41. The van der Waals surface area contributed by atoms with Gasteiger partial charge in [0.05, 0.1) is 19.0 Å². The summed E-state index contributed by atoms with van der Waals surface area (Å²) in [5.41, 5.74) is 3.29. The molecule has 2 aromatic carbocycles. The van der Waals surface area contributed by atoms with E-state index in [0.717, 1.165) is 18.6 Å². The zero-order chi connectivity index (χ0) is 20.1. The number of carbonyl (C=O) groups is 1. The van der Waals surface area contributed by atoms with E-state index >= 15 is 0 Å². The number of nitrogens with zero attached hydrogens (tertiary/aromatic N) is 2. The Morgan fingerprint density at radius 3 is 2.17 bits per heavy atom. The minimum absolute atomic E-state index is 0.108. The molecule has 0 radical (unpaired) electrons. The van der Waals surface area contributed by atoms with Gasteiger partial charge < -0.3 is 19.7 Å². The Kier molecular flexibility index (Phi) is 5.61. The van der Waals surface area contributed by atoms with Gasteiger partial charge in [-0.25, -0.2) is 9.78 Å². The number of amides is 2. The normalized spacial score (nSPS) is 13.2. The van der Waals surface area contributed by atoms with Crippen molar-refractivity contribution in [3.63, 3.8) is 0 Å². The molecule has 0 unspecified atom stereocenters. The molecule has 148 valence electrons. The first-order chi connectivity index (χ1) is 14.2. The first-order valence-electron chi connectivity index (χ1n) is 9.62. The number of aromatic nitrogens is 1. The van der Waals surface area contributed by atoms with Crippen molar-refractivity contribution in [3.8, 4) is 17.4 Å². The van der Waals surface area contributed by atoms with Gasteiger partial charge in [-0.05, 0) is 54.3 Å². The number of rotatable bonds is 4. The van der Waals surface area contributed by atoms with Crippen LogP contribution in [0.25, 0.3) is 0 Å². The van der Waals surface area contributed by atoms with E-state index in [2.05, 4.69) is 34.6 Å². The second-order valence-electron chi connectivity index (χ2n) is 6.85. The van der Waals surface area contributed by atoms with Crippen LogP contribution in [0, 0.1) is 0 Å². The van der Waals surface area contributed by atoms with Crippen molar-refractivity contribution < 1.29 is 14.3 Å². The molecule has 0 fully saturated rings. The van der Waals surface area contributed by atoms with Crippen molar-refractivity contribution in [1.82, 2.24) is 9.88 Å². The molecule has 4 rings (SSSR count). The van der Waals surface area contributed by atoms with E-state index in [1.165, 1.54) is 11.1 Å². The number of carbonyl (C=O) groups excluding carboxylic acids is 1. The molecule has 29 heavy (non-hydrogen) atoms. The van der Waals surface area contributed by atoms with Gasteiger partial charge in [0.1, 0.15) is 11.5 Å². The summed E-state index contributed by atoms with van der Waals surface area (Å²) in [6.07, 6.45) is 3.34. The van der Waals surface area contributed by atoms with Crippen molar-refractivity contribution in [1.29, 1.82) is 0 Å². The van der Waals surface area contributed by atoms with Crippen LogP contribution in [0.2, 0.25) is 0 Å². The van der Waals surface area contributed by atoms with Crippen LogP contribution in [-0.2, 0) is 12.8 Å².